The van der Waals surface area contributed by atoms with Gasteiger partial charge < -0.3 is 21.7 Å². The van der Waals surface area contributed by atoms with Crippen LogP contribution in [0.5, 0.6) is 0 Å². The molecule has 0 bridgehead atoms. The molecule has 1 fully saturated rings. The molecule has 2 unspecified atom stereocenters. The van der Waals surface area contributed by atoms with Crippen molar-refractivity contribution in [1.29, 1.82) is 0 Å². The Hall–Kier alpha value is -2.57. The third kappa shape index (κ3) is 6.25. The zero-order valence-electron chi connectivity index (χ0n) is 15.9. The number of amides is 3. The summed E-state index contributed by atoms with van der Waals surface area (Å²) in [7, 11) is 0. The lowest BCUT2D eigenvalue weighted by atomic mass is 10.1. The average molecular weight is 403 g/mol. The van der Waals surface area contributed by atoms with E-state index in [0.717, 1.165) is 36.1 Å². The number of halogens is 1. The molecule has 3 rings (SSSR count). The van der Waals surface area contributed by atoms with Crippen LogP contribution >= 0.6 is 12.4 Å². The maximum atomic E-state index is 12.2. The van der Waals surface area contributed by atoms with E-state index >= 15 is 0 Å². The first-order valence-electron chi connectivity index (χ1n) is 9.26. The molecule has 0 heterocycles. The van der Waals surface area contributed by atoms with Crippen molar-refractivity contribution in [1.82, 2.24) is 5.32 Å². The van der Waals surface area contributed by atoms with Crippen LogP contribution in [0.15, 0.2) is 48.5 Å². The summed E-state index contributed by atoms with van der Waals surface area (Å²) in [6.45, 7) is 2.40. The molecule has 150 valence electrons. The monoisotopic (exact) mass is 402 g/mol. The first-order chi connectivity index (χ1) is 13.0. The Kier molecular flexibility index (Phi) is 7.84. The van der Waals surface area contributed by atoms with Gasteiger partial charge in [-0.15, -0.1) is 12.4 Å². The second kappa shape index (κ2) is 10.1. The van der Waals surface area contributed by atoms with E-state index in [4.69, 9.17) is 5.73 Å². The van der Waals surface area contributed by atoms with E-state index in [1.165, 1.54) is 0 Å². The van der Waals surface area contributed by atoms with Crippen LogP contribution in [-0.2, 0) is 11.3 Å². The Balaban J connectivity index is 0.00000280. The molecule has 0 radical (unpaired) electrons. The Morgan fingerprint density at radius 2 is 1.71 bits per heavy atom. The summed E-state index contributed by atoms with van der Waals surface area (Å²) in [6, 6.07) is 14.9. The topological polar surface area (TPSA) is 96.2 Å². The lowest BCUT2D eigenvalue weighted by Gasteiger charge is -2.12. The number of anilines is 2. The molecule has 2 aromatic carbocycles. The Morgan fingerprint density at radius 1 is 1.04 bits per heavy atom. The van der Waals surface area contributed by atoms with Crippen LogP contribution in [0.3, 0.4) is 0 Å². The minimum absolute atomic E-state index is 0. The van der Waals surface area contributed by atoms with Gasteiger partial charge in [-0.25, -0.2) is 4.79 Å². The zero-order valence-corrected chi connectivity index (χ0v) is 16.7. The zero-order chi connectivity index (χ0) is 19.2. The van der Waals surface area contributed by atoms with Crippen molar-refractivity contribution in [2.45, 2.75) is 38.8 Å². The molecular weight excluding hydrogens is 376 g/mol. The van der Waals surface area contributed by atoms with E-state index in [-0.39, 0.29) is 36.3 Å². The lowest BCUT2D eigenvalue weighted by Crippen LogP contribution is -2.30. The normalized spacial score (nSPS) is 18.1. The molecule has 1 aliphatic rings. The average Bonchev–Trinajstić information content (AvgIpc) is 3.06. The number of hydrogen-bond donors (Lipinski definition) is 4. The number of carbonyl (C=O) groups excluding carboxylic acids is 2. The van der Waals surface area contributed by atoms with E-state index in [9.17, 15) is 9.59 Å². The number of rotatable bonds is 5. The second-order valence-corrected chi connectivity index (χ2v) is 7.14. The van der Waals surface area contributed by atoms with Crippen LogP contribution in [0.25, 0.3) is 0 Å². The SMILES string of the molecule is Cc1cccc(NC(=O)Nc2cccc(CNC(=O)C3CCC(N)C3)c2)c1.Cl. The molecule has 0 saturated heterocycles. The van der Waals surface area contributed by atoms with Crippen molar-refractivity contribution < 1.29 is 9.59 Å². The molecule has 2 atom stereocenters. The first kappa shape index (κ1) is 21.7. The number of nitrogens with one attached hydrogen (secondary N) is 3. The van der Waals surface area contributed by atoms with Crippen molar-refractivity contribution in [2.75, 3.05) is 10.6 Å². The maximum absolute atomic E-state index is 12.2. The van der Waals surface area contributed by atoms with Crippen LogP contribution in [-0.4, -0.2) is 18.0 Å². The van der Waals surface area contributed by atoms with Gasteiger partial charge in [-0.2, -0.15) is 0 Å². The van der Waals surface area contributed by atoms with Crippen LogP contribution in [0, 0.1) is 12.8 Å². The van der Waals surface area contributed by atoms with Crippen LogP contribution < -0.4 is 21.7 Å². The molecule has 7 heteroatoms. The molecule has 28 heavy (non-hydrogen) atoms. The van der Waals surface area contributed by atoms with Crippen molar-refractivity contribution in [3.05, 3.63) is 59.7 Å². The second-order valence-electron chi connectivity index (χ2n) is 7.14. The quantitative estimate of drug-likeness (QED) is 0.612. The Bertz CT molecular complexity index is 828. The smallest absolute Gasteiger partial charge is 0.323 e. The van der Waals surface area contributed by atoms with Gasteiger partial charge in [-0.1, -0.05) is 24.3 Å². The largest absolute Gasteiger partial charge is 0.352 e. The fraction of sp³-hybridized carbons (Fsp3) is 0.333. The number of aryl methyl sites for hydroxylation is 1. The minimum Gasteiger partial charge on any atom is -0.352 e. The summed E-state index contributed by atoms with van der Waals surface area (Å²) in [5.74, 6) is 0.0694. The molecule has 5 N–H and O–H groups in total. The number of hydrogen-bond acceptors (Lipinski definition) is 3. The summed E-state index contributed by atoms with van der Waals surface area (Å²) in [5.41, 5.74) is 9.30. The van der Waals surface area contributed by atoms with Gasteiger partial charge in [0.05, 0.1) is 0 Å². The van der Waals surface area contributed by atoms with E-state index < -0.39 is 0 Å². The predicted octanol–water partition coefficient (Wildman–Crippen LogP) is 3.80. The fourth-order valence-electron chi connectivity index (χ4n) is 3.36. The Labute approximate surface area is 171 Å². The van der Waals surface area contributed by atoms with Gasteiger partial charge in [0.25, 0.3) is 0 Å². The van der Waals surface area contributed by atoms with E-state index in [1.807, 2.05) is 55.5 Å². The highest BCUT2D eigenvalue weighted by atomic mass is 35.5. The summed E-state index contributed by atoms with van der Waals surface area (Å²) in [4.78, 5) is 24.4. The van der Waals surface area contributed by atoms with Gasteiger partial charge in [-0.05, 0) is 61.6 Å². The number of nitrogens with two attached hydrogens (primary N) is 1. The molecule has 3 amide bonds. The van der Waals surface area contributed by atoms with Crippen molar-refractivity contribution in [3.8, 4) is 0 Å². The summed E-state index contributed by atoms with van der Waals surface area (Å²) in [6.07, 6.45) is 2.52. The number of carbonyl (C=O) groups is 2. The number of urea groups is 1. The highest BCUT2D eigenvalue weighted by molar-refractivity contribution is 5.99. The number of benzene rings is 2. The fourth-order valence-corrected chi connectivity index (χ4v) is 3.36. The van der Waals surface area contributed by atoms with E-state index in [0.29, 0.717) is 12.2 Å². The standard InChI is InChI=1S/C21H26N4O2.ClH/c1-14-4-2-6-18(10-14)24-21(27)25-19-7-3-5-15(11-19)13-23-20(26)16-8-9-17(22)12-16;/h2-7,10-11,16-17H,8-9,12-13,22H2,1H3,(H,23,26)(H2,24,25,27);1H. The van der Waals surface area contributed by atoms with Gasteiger partial charge >= 0.3 is 6.03 Å². The third-order valence-corrected chi connectivity index (χ3v) is 4.77. The van der Waals surface area contributed by atoms with Crippen LogP contribution in [0.2, 0.25) is 0 Å². The molecule has 0 spiro atoms. The van der Waals surface area contributed by atoms with E-state index in [2.05, 4.69) is 16.0 Å². The van der Waals surface area contributed by atoms with Gasteiger partial charge in [0.15, 0.2) is 0 Å². The molecule has 0 aliphatic heterocycles. The summed E-state index contributed by atoms with van der Waals surface area (Å²) < 4.78 is 0. The van der Waals surface area contributed by atoms with Crippen molar-refractivity contribution in [3.63, 3.8) is 0 Å². The highest BCUT2D eigenvalue weighted by Gasteiger charge is 2.27. The minimum atomic E-state index is -0.304. The molecule has 1 aliphatic carbocycles. The summed E-state index contributed by atoms with van der Waals surface area (Å²) >= 11 is 0. The van der Waals surface area contributed by atoms with Crippen LogP contribution in [0.1, 0.15) is 30.4 Å². The first-order valence-corrected chi connectivity index (χ1v) is 9.26. The third-order valence-electron chi connectivity index (χ3n) is 4.77. The van der Waals surface area contributed by atoms with Gasteiger partial charge in [0, 0.05) is 29.9 Å². The molecular formula is C21H27ClN4O2. The predicted molar refractivity (Wildman–Crippen MR) is 115 cm³/mol. The highest BCUT2D eigenvalue weighted by Crippen LogP contribution is 2.24. The summed E-state index contributed by atoms with van der Waals surface area (Å²) in [5, 5.41) is 8.60. The van der Waals surface area contributed by atoms with Crippen LogP contribution in [0.4, 0.5) is 16.2 Å². The van der Waals surface area contributed by atoms with Crippen molar-refractivity contribution in [2.24, 2.45) is 11.7 Å². The van der Waals surface area contributed by atoms with Gasteiger partial charge in [0.1, 0.15) is 0 Å². The van der Waals surface area contributed by atoms with Gasteiger partial charge in [-0.3, -0.25) is 4.79 Å². The molecule has 6 nitrogen and oxygen atoms in total. The van der Waals surface area contributed by atoms with E-state index in [1.54, 1.807) is 0 Å². The van der Waals surface area contributed by atoms with Crippen molar-refractivity contribution >= 4 is 35.7 Å². The molecule has 2 aromatic rings. The van der Waals surface area contributed by atoms with Gasteiger partial charge in [0.2, 0.25) is 5.91 Å². The lowest BCUT2D eigenvalue weighted by molar-refractivity contribution is -0.125. The molecule has 0 aromatic heterocycles. The maximum Gasteiger partial charge on any atom is 0.323 e. The molecule has 1 saturated carbocycles. The Morgan fingerprint density at radius 3 is 2.36 bits per heavy atom.